The fourth-order valence-electron chi connectivity index (χ4n) is 2.75. The standard InChI is InChI=1S/C18H22N4O2/c1-3-21-8-10-22(11-9-21)18-16(12-19)20-17(24-18)13-23-15-6-4-14(2)5-7-15/h4-7H,3,8-11,13H2,1-2H3. The van der Waals surface area contributed by atoms with E-state index in [1.807, 2.05) is 31.2 Å². The number of nitrogens with zero attached hydrogens (tertiary/aromatic N) is 4. The van der Waals surface area contributed by atoms with E-state index in [1.54, 1.807) is 0 Å². The Kier molecular flexibility index (Phi) is 5.02. The van der Waals surface area contributed by atoms with Gasteiger partial charge in [0, 0.05) is 26.2 Å². The Morgan fingerprint density at radius 3 is 2.54 bits per heavy atom. The number of rotatable bonds is 5. The molecule has 126 valence electrons. The first-order valence-corrected chi connectivity index (χ1v) is 8.26. The first-order valence-electron chi connectivity index (χ1n) is 8.26. The lowest BCUT2D eigenvalue weighted by Crippen LogP contribution is -2.46. The normalized spacial score (nSPS) is 15.3. The van der Waals surface area contributed by atoms with Crippen molar-refractivity contribution in [3.63, 3.8) is 0 Å². The van der Waals surface area contributed by atoms with Crippen LogP contribution in [0.5, 0.6) is 5.75 Å². The first kappa shape index (κ1) is 16.3. The maximum Gasteiger partial charge on any atom is 0.236 e. The molecule has 1 aliphatic rings. The maximum atomic E-state index is 9.33. The van der Waals surface area contributed by atoms with E-state index < -0.39 is 0 Å². The average molecular weight is 326 g/mol. The molecule has 1 aromatic carbocycles. The van der Waals surface area contributed by atoms with E-state index in [1.165, 1.54) is 5.56 Å². The molecule has 1 aromatic heterocycles. The van der Waals surface area contributed by atoms with Crippen LogP contribution in [-0.4, -0.2) is 42.6 Å². The number of benzene rings is 1. The van der Waals surface area contributed by atoms with Crippen molar-refractivity contribution in [3.8, 4) is 11.8 Å². The smallest absolute Gasteiger partial charge is 0.236 e. The van der Waals surface area contributed by atoms with Crippen molar-refractivity contribution in [2.75, 3.05) is 37.6 Å². The molecule has 6 nitrogen and oxygen atoms in total. The third-order valence-electron chi connectivity index (χ3n) is 4.25. The number of oxazole rings is 1. The predicted octanol–water partition coefficient (Wildman–Crippen LogP) is 2.58. The number of ether oxygens (including phenoxy) is 1. The van der Waals surface area contributed by atoms with Gasteiger partial charge in [0.05, 0.1) is 0 Å². The summed E-state index contributed by atoms with van der Waals surface area (Å²) in [6, 6.07) is 9.93. The third kappa shape index (κ3) is 3.69. The van der Waals surface area contributed by atoms with E-state index in [0.717, 1.165) is 38.5 Å². The van der Waals surface area contributed by atoms with E-state index in [2.05, 4.69) is 27.8 Å². The minimum absolute atomic E-state index is 0.215. The highest BCUT2D eigenvalue weighted by atomic mass is 16.5. The molecule has 2 heterocycles. The summed E-state index contributed by atoms with van der Waals surface area (Å²) in [4.78, 5) is 8.73. The molecule has 0 aliphatic carbocycles. The number of aryl methyl sites for hydroxylation is 1. The lowest BCUT2D eigenvalue weighted by Gasteiger charge is -2.33. The van der Waals surface area contributed by atoms with Gasteiger partial charge >= 0.3 is 0 Å². The van der Waals surface area contributed by atoms with Crippen LogP contribution in [-0.2, 0) is 6.61 Å². The van der Waals surface area contributed by atoms with Gasteiger partial charge < -0.3 is 19.0 Å². The molecule has 0 unspecified atom stereocenters. The summed E-state index contributed by atoms with van der Waals surface area (Å²) < 4.78 is 11.5. The second-order valence-corrected chi connectivity index (χ2v) is 5.90. The van der Waals surface area contributed by atoms with Crippen LogP contribution >= 0.6 is 0 Å². The van der Waals surface area contributed by atoms with Crippen LogP contribution < -0.4 is 9.64 Å². The Bertz CT molecular complexity index is 710. The van der Waals surface area contributed by atoms with Gasteiger partial charge in [0.2, 0.25) is 17.5 Å². The van der Waals surface area contributed by atoms with Crippen LogP contribution in [0.3, 0.4) is 0 Å². The summed E-state index contributed by atoms with van der Waals surface area (Å²) in [6.07, 6.45) is 0. The molecule has 0 bridgehead atoms. The molecule has 3 rings (SSSR count). The minimum atomic E-state index is 0.215. The highest BCUT2D eigenvalue weighted by molar-refractivity contribution is 5.48. The Morgan fingerprint density at radius 2 is 1.92 bits per heavy atom. The second-order valence-electron chi connectivity index (χ2n) is 5.90. The lowest BCUT2D eigenvalue weighted by molar-refractivity contribution is 0.252. The van der Waals surface area contributed by atoms with Crippen LogP contribution in [0.2, 0.25) is 0 Å². The topological polar surface area (TPSA) is 65.5 Å². The fourth-order valence-corrected chi connectivity index (χ4v) is 2.75. The summed E-state index contributed by atoms with van der Waals surface area (Å²) >= 11 is 0. The summed E-state index contributed by atoms with van der Waals surface area (Å²) in [5.74, 6) is 1.76. The van der Waals surface area contributed by atoms with Crippen LogP contribution in [0.25, 0.3) is 0 Å². The maximum absolute atomic E-state index is 9.33. The lowest BCUT2D eigenvalue weighted by atomic mass is 10.2. The molecule has 0 spiro atoms. The third-order valence-corrected chi connectivity index (χ3v) is 4.25. The molecule has 1 fully saturated rings. The van der Waals surface area contributed by atoms with Crippen LogP contribution in [0, 0.1) is 18.3 Å². The van der Waals surface area contributed by atoms with Gasteiger partial charge in [-0.2, -0.15) is 10.2 Å². The predicted molar refractivity (Wildman–Crippen MR) is 91.1 cm³/mol. The molecule has 0 amide bonds. The van der Waals surface area contributed by atoms with Crippen molar-refractivity contribution >= 4 is 5.88 Å². The van der Waals surface area contributed by atoms with Crippen LogP contribution in [0.15, 0.2) is 28.7 Å². The van der Waals surface area contributed by atoms with E-state index >= 15 is 0 Å². The van der Waals surface area contributed by atoms with Crippen molar-refractivity contribution in [1.82, 2.24) is 9.88 Å². The van der Waals surface area contributed by atoms with Crippen molar-refractivity contribution in [2.45, 2.75) is 20.5 Å². The van der Waals surface area contributed by atoms with Crippen molar-refractivity contribution in [3.05, 3.63) is 41.4 Å². The molecule has 1 aliphatic heterocycles. The molecule has 0 N–H and O–H groups in total. The van der Waals surface area contributed by atoms with E-state index in [0.29, 0.717) is 17.5 Å². The van der Waals surface area contributed by atoms with Gasteiger partial charge in [0.25, 0.3) is 0 Å². The van der Waals surface area contributed by atoms with Gasteiger partial charge in [-0.25, -0.2) is 0 Å². The molecular weight excluding hydrogens is 304 g/mol. The fraction of sp³-hybridized carbons (Fsp3) is 0.444. The molecule has 1 saturated heterocycles. The monoisotopic (exact) mass is 326 g/mol. The molecule has 24 heavy (non-hydrogen) atoms. The van der Waals surface area contributed by atoms with Gasteiger partial charge in [0.1, 0.15) is 11.8 Å². The highest BCUT2D eigenvalue weighted by Gasteiger charge is 2.23. The number of hydrogen-bond acceptors (Lipinski definition) is 6. The molecule has 0 saturated carbocycles. The van der Waals surface area contributed by atoms with E-state index in [4.69, 9.17) is 9.15 Å². The van der Waals surface area contributed by atoms with Gasteiger partial charge in [-0.3, -0.25) is 0 Å². The zero-order valence-electron chi connectivity index (χ0n) is 14.2. The second kappa shape index (κ2) is 7.37. The zero-order chi connectivity index (χ0) is 16.9. The first-order chi connectivity index (χ1) is 11.7. The van der Waals surface area contributed by atoms with Gasteiger partial charge in [-0.1, -0.05) is 24.6 Å². The minimum Gasteiger partial charge on any atom is -0.484 e. The molecule has 6 heteroatoms. The van der Waals surface area contributed by atoms with Crippen molar-refractivity contribution < 1.29 is 9.15 Å². The average Bonchev–Trinajstić information content (AvgIpc) is 3.04. The Labute approximate surface area is 142 Å². The highest BCUT2D eigenvalue weighted by Crippen LogP contribution is 2.24. The summed E-state index contributed by atoms with van der Waals surface area (Å²) in [5.41, 5.74) is 1.52. The summed E-state index contributed by atoms with van der Waals surface area (Å²) in [5, 5.41) is 9.33. The van der Waals surface area contributed by atoms with Crippen molar-refractivity contribution in [1.29, 1.82) is 5.26 Å². The quantitative estimate of drug-likeness (QED) is 0.841. The van der Waals surface area contributed by atoms with Crippen molar-refractivity contribution in [2.24, 2.45) is 0 Å². The molecule has 0 atom stereocenters. The Balaban J connectivity index is 1.66. The van der Waals surface area contributed by atoms with E-state index in [-0.39, 0.29) is 6.61 Å². The Hall–Kier alpha value is -2.52. The number of likely N-dealkylation sites (N-methyl/N-ethyl adjacent to an activating group) is 1. The number of piperazine rings is 1. The van der Waals surface area contributed by atoms with Gasteiger partial charge in [0.15, 0.2) is 6.61 Å². The zero-order valence-corrected chi connectivity index (χ0v) is 14.2. The van der Waals surface area contributed by atoms with Gasteiger partial charge in [-0.05, 0) is 25.6 Å². The summed E-state index contributed by atoms with van der Waals surface area (Å²) in [6.45, 7) is 9.07. The number of nitriles is 1. The molecular formula is C18H22N4O2. The number of anilines is 1. The van der Waals surface area contributed by atoms with Crippen LogP contribution in [0.1, 0.15) is 24.1 Å². The summed E-state index contributed by atoms with van der Waals surface area (Å²) in [7, 11) is 0. The molecule has 2 aromatic rings. The molecule has 0 radical (unpaired) electrons. The van der Waals surface area contributed by atoms with Gasteiger partial charge in [-0.15, -0.1) is 0 Å². The number of hydrogen-bond donors (Lipinski definition) is 0. The van der Waals surface area contributed by atoms with E-state index in [9.17, 15) is 5.26 Å². The largest absolute Gasteiger partial charge is 0.484 e. The SMILES string of the molecule is CCN1CCN(c2oc(COc3ccc(C)cc3)nc2C#N)CC1. The van der Waals surface area contributed by atoms with Crippen LogP contribution in [0.4, 0.5) is 5.88 Å². The number of aromatic nitrogens is 1. The Morgan fingerprint density at radius 1 is 1.21 bits per heavy atom.